The van der Waals surface area contributed by atoms with Crippen molar-refractivity contribution in [3.8, 4) is 0 Å². The van der Waals surface area contributed by atoms with Crippen LogP contribution in [0.5, 0.6) is 0 Å². The molecule has 29 heavy (non-hydrogen) atoms. The zero-order chi connectivity index (χ0) is 19.3. The van der Waals surface area contributed by atoms with Crippen molar-refractivity contribution >= 4 is 12.2 Å². The van der Waals surface area contributed by atoms with Crippen LogP contribution in [0.15, 0.2) is 47.5 Å². The number of allylic oxidation sites excluding steroid dienone is 2. The summed E-state index contributed by atoms with van der Waals surface area (Å²) in [6.07, 6.45) is 4.97. The van der Waals surface area contributed by atoms with Crippen molar-refractivity contribution < 1.29 is 44.0 Å². The second-order valence-electron chi connectivity index (χ2n) is 8.82. The van der Waals surface area contributed by atoms with Crippen LogP contribution < -0.4 is 24.8 Å². The van der Waals surface area contributed by atoms with Gasteiger partial charge in [0.05, 0.1) is 0 Å². The summed E-state index contributed by atoms with van der Waals surface area (Å²) in [5.74, 6) is 1.18. The molecule has 3 heteroatoms. The third-order valence-electron chi connectivity index (χ3n) is 6.20. The SMILES string of the molecule is CC1=Cc2c(C(C)C)cccc2[CH]1[Ti+2][CH]1C(C)=Cc2c(C(C)C)cccc21.[Cl-].[Cl-]. The molecule has 0 aromatic heterocycles. The third-order valence-corrected chi connectivity index (χ3v) is 9.64. The maximum Gasteiger partial charge on any atom is -1.00 e. The number of halogens is 2. The Balaban J connectivity index is 0.00000150. The summed E-state index contributed by atoms with van der Waals surface area (Å²) < 4.78 is 1.33. The minimum Gasteiger partial charge on any atom is -1.00 e. The zero-order valence-electron chi connectivity index (χ0n) is 18.2. The molecule has 2 aliphatic rings. The van der Waals surface area contributed by atoms with Gasteiger partial charge >= 0.3 is 174 Å². The molecular weight excluding hydrogens is 431 g/mol. The van der Waals surface area contributed by atoms with Crippen LogP contribution >= 0.6 is 0 Å². The smallest absolute Gasteiger partial charge is 1.00 e. The van der Waals surface area contributed by atoms with Crippen molar-refractivity contribution in [2.75, 3.05) is 0 Å². The molecule has 0 heterocycles. The van der Waals surface area contributed by atoms with Crippen molar-refractivity contribution in [3.05, 3.63) is 80.9 Å². The van der Waals surface area contributed by atoms with Gasteiger partial charge in [0.1, 0.15) is 0 Å². The van der Waals surface area contributed by atoms with Crippen LogP contribution in [0.25, 0.3) is 12.2 Å². The van der Waals surface area contributed by atoms with Crippen LogP contribution in [0.1, 0.15) is 95.2 Å². The largest absolute Gasteiger partial charge is 1.00 e. The maximum absolute atomic E-state index is 2.48. The molecule has 2 aromatic rings. The molecule has 2 aliphatic carbocycles. The normalized spacial score (nSPS) is 19.0. The van der Waals surface area contributed by atoms with Crippen LogP contribution in [0.3, 0.4) is 0 Å². The van der Waals surface area contributed by atoms with Crippen molar-refractivity contribution in [1.82, 2.24) is 0 Å². The number of hydrogen-bond donors (Lipinski definition) is 0. The maximum atomic E-state index is 2.48. The van der Waals surface area contributed by atoms with E-state index in [0.29, 0.717) is 20.3 Å². The Morgan fingerprint density at radius 3 is 1.38 bits per heavy atom. The molecular formula is C26H30Cl2Ti. The van der Waals surface area contributed by atoms with Gasteiger partial charge in [0.2, 0.25) is 0 Å². The summed E-state index contributed by atoms with van der Waals surface area (Å²) in [6.45, 7) is 14.0. The minimum absolute atomic E-state index is 0. The van der Waals surface area contributed by atoms with E-state index in [1.807, 2.05) is 0 Å². The second kappa shape index (κ2) is 9.57. The van der Waals surface area contributed by atoms with E-state index in [-0.39, 0.29) is 44.0 Å². The minimum atomic E-state index is -0.210. The van der Waals surface area contributed by atoms with Crippen LogP contribution in [0, 0.1) is 0 Å². The summed E-state index contributed by atoms with van der Waals surface area (Å²) in [5.41, 5.74) is 12.4. The molecule has 2 unspecified atom stereocenters. The fourth-order valence-corrected chi connectivity index (χ4v) is 7.72. The predicted molar refractivity (Wildman–Crippen MR) is 114 cm³/mol. The van der Waals surface area contributed by atoms with Crippen molar-refractivity contribution in [2.45, 2.75) is 61.8 Å². The van der Waals surface area contributed by atoms with Gasteiger partial charge in [-0.25, -0.2) is 0 Å². The standard InChI is InChI=1S/2C13H15.2ClH.Ti/c2*1-9(2)12-6-4-5-11-7-10(3)8-13(11)12;;;/h2*4-9H,1-3H3;2*1H;/q;;;;+2/p-2. The van der Waals surface area contributed by atoms with E-state index < -0.39 is 0 Å². The zero-order valence-corrected chi connectivity index (χ0v) is 21.3. The average Bonchev–Trinajstić information content (AvgIpc) is 3.11. The molecule has 4 rings (SSSR count). The van der Waals surface area contributed by atoms with Crippen LogP contribution in [0.2, 0.25) is 0 Å². The number of hydrogen-bond acceptors (Lipinski definition) is 0. The van der Waals surface area contributed by atoms with E-state index in [2.05, 4.69) is 90.1 Å². The van der Waals surface area contributed by atoms with Crippen LogP contribution in [-0.2, 0) is 19.2 Å². The molecule has 0 saturated carbocycles. The Morgan fingerprint density at radius 1 is 0.655 bits per heavy atom. The van der Waals surface area contributed by atoms with Gasteiger partial charge < -0.3 is 24.8 Å². The quantitative estimate of drug-likeness (QED) is 0.608. The third kappa shape index (κ3) is 4.33. The number of rotatable bonds is 4. The molecule has 0 amide bonds. The molecule has 0 spiro atoms. The first-order valence-corrected chi connectivity index (χ1v) is 12.1. The summed E-state index contributed by atoms with van der Waals surface area (Å²) in [6, 6.07) is 14.0. The van der Waals surface area contributed by atoms with Gasteiger partial charge in [0.15, 0.2) is 0 Å². The Morgan fingerprint density at radius 2 is 1.03 bits per heavy atom. The first-order valence-electron chi connectivity index (χ1n) is 10.3. The van der Waals surface area contributed by atoms with E-state index >= 15 is 0 Å². The molecule has 2 aromatic carbocycles. The molecule has 0 fully saturated rings. The summed E-state index contributed by atoms with van der Waals surface area (Å²) in [5, 5.41) is 0. The Labute approximate surface area is 198 Å². The van der Waals surface area contributed by atoms with Crippen molar-refractivity contribution in [2.24, 2.45) is 0 Å². The fourth-order valence-electron chi connectivity index (χ4n) is 4.77. The van der Waals surface area contributed by atoms with Crippen LogP contribution in [-0.4, -0.2) is 0 Å². The molecule has 0 bridgehead atoms. The van der Waals surface area contributed by atoms with Crippen molar-refractivity contribution in [1.29, 1.82) is 0 Å². The van der Waals surface area contributed by atoms with E-state index in [9.17, 15) is 0 Å². The summed E-state index contributed by atoms with van der Waals surface area (Å²) in [4.78, 5) is 0. The van der Waals surface area contributed by atoms with Gasteiger partial charge in [-0.3, -0.25) is 0 Å². The monoisotopic (exact) mass is 460 g/mol. The second-order valence-corrected chi connectivity index (χ2v) is 11.1. The predicted octanol–water partition coefficient (Wildman–Crippen LogP) is 1.64. The summed E-state index contributed by atoms with van der Waals surface area (Å²) in [7, 11) is 0. The molecule has 152 valence electrons. The van der Waals surface area contributed by atoms with Gasteiger partial charge in [-0.15, -0.1) is 0 Å². The van der Waals surface area contributed by atoms with Crippen LogP contribution in [0.4, 0.5) is 0 Å². The van der Waals surface area contributed by atoms with Gasteiger partial charge in [-0.1, -0.05) is 0 Å². The Bertz CT molecular complexity index is 876. The average molecular weight is 461 g/mol. The van der Waals surface area contributed by atoms with Gasteiger partial charge in [-0.2, -0.15) is 0 Å². The molecule has 0 N–H and O–H groups in total. The van der Waals surface area contributed by atoms with Gasteiger partial charge in [0, 0.05) is 0 Å². The first-order chi connectivity index (χ1) is 12.9. The molecule has 0 nitrogen and oxygen atoms in total. The molecule has 0 radical (unpaired) electrons. The molecule has 0 aliphatic heterocycles. The number of fused-ring (bicyclic) bond motifs is 2. The Kier molecular flexibility index (Phi) is 8.08. The fraction of sp³-hybridized carbons (Fsp3) is 0.385. The van der Waals surface area contributed by atoms with E-state index in [1.165, 1.54) is 22.3 Å². The molecule has 0 saturated heterocycles. The van der Waals surface area contributed by atoms with E-state index in [1.54, 1.807) is 22.3 Å². The first kappa shape index (κ1) is 24.5. The molecule has 2 atom stereocenters. The van der Waals surface area contributed by atoms with E-state index in [4.69, 9.17) is 0 Å². The number of benzene rings is 2. The summed E-state index contributed by atoms with van der Waals surface area (Å²) >= 11 is -0.210. The Hall–Kier alpha value is -0.786. The van der Waals surface area contributed by atoms with Gasteiger partial charge in [0.25, 0.3) is 0 Å². The van der Waals surface area contributed by atoms with Crippen molar-refractivity contribution in [3.63, 3.8) is 0 Å². The topological polar surface area (TPSA) is 0 Å². The van der Waals surface area contributed by atoms with E-state index in [0.717, 1.165) is 0 Å². The van der Waals surface area contributed by atoms with Gasteiger partial charge in [-0.05, 0) is 0 Å².